The summed E-state index contributed by atoms with van der Waals surface area (Å²) in [6, 6.07) is 11.1. The average molecular weight is 483 g/mol. The Bertz CT molecular complexity index is 1380. The number of halogens is 4. The van der Waals surface area contributed by atoms with E-state index in [0.29, 0.717) is 41.8 Å². The molecule has 0 saturated heterocycles. The predicted octanol–water partition coefficient (Wildman–Crippen LogP) is 5.70. The minimum Gasteiger partial charge on any atom is -0.438 e. The second-order valence-corrected chi connectivity index (χ2v) is 7.21. The maximum absolute atomic E-state index is 14.1. The number of benzene rings is 2. The molecule has 0 aliphatic heterocycles. The van der Waals surface area contributed by atoms with E-state index in [1.165, 1.54) is 24.7 Å². The van der Waals surface area contributed by atoms with Crippen molar-refractivity contribution in [1.29, 1.82) is 0 Å². The van der Waals surface area contributed by atoms with Gasteiger partial charge in [-0.2, -0.15) is 13.2 Å². The van der Waals surface area contributed by atoms with Crippen LogP contribution in [0.15, 0.2) is 67.1 Å². The van der Waals surface area contributed by atoms with E-state index in [2.05, 4.69) is 25.3 Å². The standard InChI is InChI=1S/C24H17F4N5O2/c1-2-20-30-13-31-21(33-20)17-7-4-10-29-23(17)35-16-6-3-5-15(12-16)32-22(34)18-11-14(24(26,27)28)8-9-19(18)25/h3-13H,2H2,1H3,(H,32,34). The molecule has 2 aromatic carbocycles. The Balaban J connectivity index is 1.57. The highest BCUT2D eigenvalue weighted by atomic mass is 19.4. The molecule has 0 aliphatic rings. The van der Waals surface area contributed by atoms with Gasteiger partial charge in [0, 0.05) is 24.4 Å². The lowest BCUT2D eigenvalue weighted by Gasteiger charge is -2.12. The highest BCUT2D eigenvalue weighted by molar-refractivity contribution is 6.04. The van der Waals surface area contributed by atoms with Gasteiger partial charge in [0.25, 0.3) is 5.91 Å². The Labute approximate surface area is 196 Å². The van der Waals surface area contributed by atoms with Crippen molar-refractivity contribution in [3.8, 4) is 23.0 Å². The van der Waals surface area contributed by atoms with Gasteiger partial charge in [-0.15, -0.1) is 0 Å². The first-order valence-electron chi connectivity index (χ1n) is 10.3. The highest BCUT2D eigenvalue weighted by Crippen LogP contribution is 2.32. The molecule has 2 aromatic heterocycles. The number of aromatic nitrogens is 4. The van der Waals surface area contributed by atoms with Crippen molar-refractivity contribution in [2.75, 3.05) is 5.32 Å². The molecule has 7 nitrogen and oxygen atoms in total. The van der Waals surface area contributed by atoms with E-state index < -0.39 is 29.0 Å². The van der Waals surface area contributed by atoms with E-state index in [9.17, 15) is 22.4 Å². The van der Waals surface area contributed by atoms with Crippen LogP contribution in [0.2, 0.25) is 0 Å². The Morgan fingerprint density at radius 3 is 2.63 bits per heavy atom. The highest BCUT2D eigenvalue weighted by Gasteiger charge is 2.32. The molecule has 1 N–H and O–H groups in total. The molecule has 0 spiro atoms. The largest absolute Gasteiger partial charge is 0.438 e. The zero-order valence-corrected chi connectivity index (χ0v) is 18.2. The minimum absolute atomic E-state index is 0.176. The Kier molecular flexibility index (Phi) is 6.67. The van der Waals surface area contributed by atoms with Gasteiger partial charge >= 0.3 is 6.18 Å². The minimum atomic E-state index is -4.71. The summed E-state index contributed by atoms with van der Waals surface area (Å²) in [5.74, 6) is -0.711. The molecule has 0 radical (unpaired) electrons. The first-order chi connectivity index (χ1) is 16.7. The fourth-order valence-electron chi connectivity index (χ4n) is 3.10. The van der Waals surface area contributed by atoms with Crippen molar-refractivity contribution >= 4 is 11.6 Å². The van der Waals surface area contributed by atoms with Crippen molar-refractivity contribution in [3.05, 3.63) is 89.9 Å². The number of alkyl halides is 3. The van der Waals surface area contributed by atoms with Gasteiger partial charge in [-0.25, -0.2) is 24.3 Å². The maximum atomic E-state index is 14.1. The number of rotatable bonds is 6. The molecule has 0 aliphatic carbocycles. The number of nitrogens with zero attached hydrogens (tertiary/aromatic N) is 4. The van der Waals surface area contributed by atoms with Crippen molar-refractivity contribution < 1.29 is 27.1 Å². The Morgan fingerprint density at radius 2 is 1.86 bits per heavy atom. The summed E-state index contributed by atoms with van der Waals surface area (Å²) in [6.07, 6.45) is -1.20. The molecular weight excluding hydrogens is 466 g/mol. The fourth-order valence-corrected chi connectivity index (χ4v) is 3.10. The molecule has 1 amide bonds. The van der Waals surface area contributed by atoms with Crippen LogP contribution < -0.4 is 10.1 Å². The maximum Gasteiger partial charge on any atom is 0.416 e. The Morgan fingerprint density at radius 1 is 1.03 bits per heavy atom. The van der Waals surface area contributed by atoms with Crippen LogP contribution in [0.4, 0.5) is 23.2 Å². The molecule has 2 heterocycles. The van der Waals surface area contributed by atoms with Crippen molar-refractivity contribution in [1.82, 2.24) is 19.9 Å². The number of carbonyl (C=O) groups is 1. The van der Waals surface area contributed by atoms with Crippen LogP contribution in [-0.4, -0.2) is 25.8 Å². The molecular formula is C24H17F4N5O2. The molecule has 0 bridgehead atoms. The van der Waals surface area contributed by atoms with Gasteiger partial charge in [-0.1, -0.05) is 13.0 Å². The second kappa shape index (κ2) is 9.84. The van der Waals surface area contributed by atoms with Gasteiger partial charge in [0.05, 0.1) is 16.7 Å². The molecule has 0 atom stereocenters. The van der Waals surface area contributed by atoms with Crippen molar-refractivity contribution in [3.63, 3.8) is 0 Å². The zero-order valence-electron chi connectivity index (χ0n) is 18.2. The van der Waals surface area contributed by atoms with Gasteiger partial charge in [0.15, 0.2) is 5.82 Å². The Hall–Kier alpha value is -4.41. The molecule has 0 fully saturated rings. The van der Waals surface area contributed by atoms with Gasteiger partial charge in [0.1, 0.15) is 23.7 Å². The number of ether oxygens (including phenoxy) is 1. The first kappa shape index (κ1) is 23.7. The molecule has 11 heteroatoms. The number of aryl methyl sites for hydroxylation is 1. The average Bonchev–Trinajstić information content (AvgIpc) is 2.84. The van der Waals surface area contributed by atoms with Crippen LogP contribution in [0.3, 0.4) is 0 Å². The number of pyridine rings is 1. The summed E-state index contributed by atoms with van der Waals surface area (Å²) in [6.45, 7) is 1.91. The number of hydrogen-bond donors (Lipinski definition) is 1. The molecule has 0 unspecified atom stereocenters. The number of amides is 1. The van der Waals surface area contributed by atoms with Crippen LogP contribution >= 0.6 is 0 Å². The SMILES string of the molecule is CCc1ncnc(-c2cccnc2Oc2cccc(NC(=O)c3cc(C(F)(F)F)ccc3F)c2)n1. The van der Waals surface area contributed by atoms with E-state index in [1.807, 2.05) is 6.92 Å². The first-order valence-corrected chi connectivity index (χ1v) is 10.3. The molecule has 35 heavy (non-hydrogen) atoms. The summed E-state index contributed by atoms with van der Waals surface area (Å²) in [5, 5.41) is 2.39. The number of anilines is 1. The molecule has 4 aromatic rings. The third-order valence-corrected chi connectivity index (χ3v) is 4.79. The van der Waals surface area contributed by atoms with E-state index in [0.717, 1.165) is 0 Å². The predicted molar refractivity (Wildman–Crippen MR) is 118 cm³/mol. The van der Waals surface area contributed by atoms with Gasteiger partial charge in [-0.3, -0.25) is 4.79 Å². The fraction of sp³-hybridized carbons (Fsp3) is 0.125. The lowest BCUT2D eigenvalue weighted by Crippen LogP contribution is -2.16. The molecule has 4 rings (SSSR count). The molecule has 0 saturated carbocycles. The number of carbonyl (C=O) groups excluding carboxylic acids is 1. The third-order valence-electron chi connectivity index (χ3n) is 4.79. The van der Waals surface area contributed by atoms with Crippen molar-refractivity contribution in [2.24, 2.45) is 0 Å². The van der Waals surface area contributed by atoms with E-state index in [4.69, 9.17) is 4.74 Å². The van der Waals surface area contributed by atoms with E-state index in [1.54, 1.807) is 24.3 Å². The second-order valence-electron chi connectivity index (χ2n) is 7.21. The third kappa shape index (κ3) is 5.57. The lowest BCUT2D eigenvalue weighted by atomic mass is 10.1. The van der Waals surface area contributed by atoms with Gasteiger partial charge in [-0.05, 0) is 42.5 Å². The van der Waals surface area contributed by atoms with Gasteiger partial charge < -0.3 is 10.1 Å². The summed E-state index contributed by atoms with van der Waals surface area (Å²) in [4.78, 5) is 29.3. The summed E-state index contributed by atoms with van der Waals surface area (Å²) >= 11 is 0. The summed E-state index contributed by atoms with van der Waals surface area (Å²) in [7, 11) is 0. The molecule has 178 valence electrons. The smallest absolute Gasteiger partial charge is 0.416 e. The van der Waals surface area contributed by atoms with Crippen LogP contribution in [0.1, 0.15) is 28.7 Å². The number of hydrogen-bond acceptors (Lipinski definition) is 6. The number of nitrogens with one attached hydrogen (secondary N) is 1. The quantitative estimate of drug-likeness (QED) is 0.354. The van der Waals surface area contributed by atoms with Crippen LogP contribution in [-0.2, 0) is 12.6 Å². The monoisotopic (exact) mass is 483 g/mol. The normalized spacial score (nSPS) is 11.2. The van der Waals surface area contributed by atoms with E-state index in [-0.39, 0.29) is 17.3 Å². The summed E-state index contributed by atoms with van der Waals surface area (Å²) in [5.41, 5.74) is -1.19. The zero-order chi connectivity index (χ0) is 25.0. The van der Waals surface area contributed by atoms with Gasteiger partial charge in [0.2, 0.25) is 5.88 Å². The lowest BCUT2D eigenvalue weighted by molar-refractivity contribution is -0.137. The topological polar surface area (TPSA) is 89.9 Å². The van der Waals surface area contributed by atoms with Crippen LogP contribution in [0, 0.1) is 5.82 Å². The summed E-state index contributed by atoms with van der Waals surface area (Å²) < 4.78 is 58.8. The van der Waals surface area contributed by atoms with Crippen LogP contribution in [0.25, 0.3) is 11.4 Å². The van der Waals surface area contributed by atoms with Crippen LogP contribution in [0.5, 0.6) is 11.6 Å². The van der Waals surface area contributed by atoms with E-state index >= 15 is 0 Å². The van der Waals surface area contributed by atoms with Crippen molar-refractivity contribution in [2.45, 2.75) is 19.5 Å².